The van der Waals surface area contributed by atoms with Crippen LogP contribution in [0.1, 0.15) is 67.2 Å². The van der Waals surface area contributed by atoms with Gasteiger partial charge in [-0.1, -0.05) is 27.7 Å². The van der Waals surface area contributed by atoms with Crippen LogP contribution in [0.2, 0.25) is 0 Å². The first-order chi connectivity index (χ1) is 7.94. The molecule has 1 aliphatic heterocycles. The summed E-state index contributed by atoms with van der Waals surface area (Å²) < 4.78 is 0. The van der Waals surface area contributed by atoms with Crippen molar-refractivity contribution in [2.24, 2.45) is 0 Å². The fourth-order valence-electron chi connectivity index (χ4n) is 2.96. The molecule has 1 fully saturated rings. The standard InChI is InChI=1S/C15H32N2/c1-7-13-11-16-15(9-3,10-4)12-17(13)14(5,6)8-2/h13,16H,7-12H2,1-6H3. The van der Waals surface area contributed by atoms with E-state index < -0.39 is 0 Å². The maximum atomic E-state index is 3.82. The van der Waals surface area contributed by atoms with Gasteiger partial charge >= 0.3 is 0 Å². The predicted molar refractivity (Wildman–Crippen MR) is 76.5 cm³/mol. The van der Waals surface area contributed by atoms with E-state index in [1.54, 1.807) is 0 Å². The van der Waals surface area contributed by atoms with Crippen LogP contribution in [0.3, 0.4) is 0 Å². The second kappa shape index (κ2) is 5.71. The zero-order chi connectivity index (χ0) is 13.1. The third-order valence-electron chi connectivity index (χ3n) is 5.09. The van der Waals surface area contributed by atoms with E-state index >= 15 is 0 Å². The van der Waals surface area contributed by atoms with Gasteiger partial charge in [-0.3, -0.25) is 4.90 Å². The second-order valence-electron chi connectivity index (χ2n) is 6.22. The molecule has 1 saturated heterocycles. The maximum absolute atomic E-state index is 3.82. The molecule has 1 N–H and O–H groups in total. The summed E-state index contributed by atoms with van der Waals surface area (Å²) in [6.07, 6.45) is 4.94. The molecule has 2 nitrogen and oxygen atoms in total. The molecular formula is C15H32N2. The average molecular weight is 240 g/mol. The zero-order valence-electron chi connectivity index (χ0n) is 12.8. The SMILES string of the molecule is CCC1CNC(CC)(CC)CN1C(C)(C)CC. The molecular weight excluding hydrogens is 208 g/mol. The lowest BCUT2D eigenvalue weighted by Crippen LogP contribution is -2.67. The van der Waals surface area contributed by atoms with Crippen molar-refractivity contribution in [3.63, 3.8) is 0 Å². The van der Waals surface area contributed by atoms with Crippen LogP contribution >= 0.6 is 0 Å². The van der Waals surface area contributed by atoms with Crippen LogP contribution in [0.25, 0.3) is 0 Å². The molecule has 17 heavy (non-hydrogen) atoms. The molecule has 0 radical (unpaired) electrons. The number of rotatable bonds is 5. The van der Waals surface area contributed by atoms with Crippen LogP contribution in [0, 0.1) is 0 Å². The van der Waals surface area contributed by atoms with Crippen molar-refractivity contribution in [1.29, 1.82) is 0 Å². The molecule has 1 aliphatic rings. The van der Waals surface area contributed by atoms with Gasteiger partial charge in [-0.2, -0.15) is 0 Å². The molecule has 0 aromatic rings. The van der Waals surface area contributed by atoms with Gasteiger partial charge in [-0.05, 0) is 39.5 Å². The molecule has 1 heterocycles. The Hall–Kier alpha value is -0.0800. The lowest BCUT2D eigenvalue weighted by Gasteiger charge is -2.53. The second-order valence-corrected chi connectivity index (χ2v) is 6.22. The van der Waals surface area contributed by atoms with E-state index in [1.165, 1.54) is 32.2 Å². The maximum Gasteiger partial charge on any atom is 0.0304 e. The van der Waals surface area contributed by atoms with Crippen molar-refractivity contribution in [2.45, 2.75) is 84.3 Å². The number of nitrogens with zero attached hydrogens (tertiary/aromatic N) is 1. The normalized spacial score (nSPS) is 26.1. The van der Waals surface area contributed by atoms with Gasteiger partial charge in [0.25, 0.3) is 0 Å². The number of piperazine rings is 1. The highest BCUT2D eigenvalue weighted by molar-refractivity contribution is 5.00. The number of hydrogen-bond acceptors (Lipinski definition) is 2. The quantitative estimate of drug-likeness (QED) is 0.792. The molecule has 0 amide bonds. The lowest BCUT2D eigenvalue weighted by molar-refractivity contribution is -0.00662. The van der Waals surface area contributed by atoms with Gasteiger partial charge in [0.15, 0.2) is 0 Å². The Morgan fingerprint density at radius 2 is 1.76 bits per heavy atom. The summed E-state index contributed by atoms with van der Waals surface area (Å²) in [6, 6.07) is 0.705. The molecule has 0 bridgehead atoms. The first-order valence-electron chi connectivity index (χ1n) is 7.46. The summed E-state index contributed by atoms with van der Waals surface area (Å²) in [6.45, 7) is 16.4. The summed E-state index contributed by atoms with van der Waals surface area (Å²) in [4.78, 5) is 2.76. The Morgan fingerprint density at radius 3 is 2.18 bits per heavy atom. The molecule has 2 heteroatoms. The topological polar surface area (TPSA) is 15.3 Å². The van der Waals surface area contributed by atoms with Gasteiger partial charge in [0.05, 0.1) is 0 Å². The van der Waals surface area contributed by atoms with Gasteiger partial charge in [0, 0.05) is 30.2 Å². The molecule has 0 aliphatic carbocycles. The molecule has 102 valence electrons. The van der Waals surface area contributed by atoms with Crippen molar-refractivity contribution in [3.8, 4) is 0 Å². The van der Waals surface area contributed by atoms with Crippen LogP contribution in [0.4, 0.5) is 0 Å². The molecule has 0 aromatic carbocycles. The fraction of sp³-hybridized carbons (Fsp3) is 1.00. The van der Waals surface area contributed by atoms with Gasteiger partial charge in [-0.25, -0.2) is 0 Å². The van der Waals surface area contributed by atoms with Crippen LogP contribution < -0.4 is 5.32 Å². The van der Waals surface area contributed by atoms with Crippen molar-refractivity contribution in [3.05, 3.63) is 0 Å². The highest BCUT2D eigenvalue weighted by Gasteiger charge is 2.41. The van der Waals surface area contributed by atoms with E-state index in [-0.39, 0.29) is 0 Å². The van der Waals surface area contributed by atoms with E-state index in [4.69, 9.17) is 0 Å². The van der Waals surface area contributed by atoms with Crippen LogP contribution in [-0.4, -0.2) is 35.1 Å². The summed E-state index contributed by atoms with van der Waals surface area (Å²) in [5.74, 6) is 0. The smallest absolute Gasteiger partial charge is 0.0304 e. The van der Waals surface area contributed by atoms with Crippen LogP contribution in [0.5, 0.6) is 0 Å². The minimum atomic E-state index is 0.332. The summed E-state index contributed by atoms with van der Waals surface area (Å²) >= 11 is 0. The summed E-state index contributed by atoms with van der Waals surface area (Å²) in [7, 11) is 0. The average Bonchev–Trinajstić information content (AvgIpc) is 2.38. The Labute approximate surface area is 108 Å². The van der Waals surface area contributed by atoms with E-state index in [2.05, 4.69) is 51.8 Å². The third kappa shape index (κ3) is 3.03. The van der Waals surface area contributed by atoms with E-state index in [9.17, 15) is 0 Å². The lowest BCUT2D eigenvalue weighted by atomic mass is 9.84. The molecule has 1 rings (SSSR count). The van der Waals surface area contributed by atoms with Crippen molar-refractivity contribution < 1.29 is 0 Å². The zero-order valence-corrected chi connectivity index (χ0v) is 12.8. The van der Waals surface area contributed by atoms with E-state index in [1.807, 2.05) is 0 Å². The minimum absolute atomic E-state index is 0.332. The minimum Gasteiger partial charge on any atom is -0.308 e. The molecule has 0 saturated carbocycles. The molecule has 1 unspecified atom stereocenters. The first-order valence-corrected chi connectivity index (χ1v) is 7.46. The van der Waals surface area contributed by atoms with Gasteiger partial charge in [0.2, 0.25) is 0 Å². The first kappa shape index (κ1) is 15.0. The predicted octanol–water partition coefficient (Wildman–Crippen LogP) is 3.42. The van der Waals surface area contributed by atoms with Crippen LogP contribution in [-0.2, 0) is 0 Å². The van der Waals surface area contributed by atoms with Gasteiger partial charge in [0.1, 0.15) is 0 Å². The van der Waals surface area contributed by atoms with Crippen molar-refractivity contribution >= 4 is 0 Å². The van der Waals surface area contributed by atoms with Crippen molar-refractivity contribution in [2.75, 3.05) is 13.1 Å². The number of hydrogen-bond donors (Lipinski definition) is 1. The van der Waals surface area contributed by atoms with Gasteiger partial charge in [-0.15, -0.1) is 0 Å². The van der Waals surface area contributed by atoms with Crippen LogP contribution in [0.15, 0.2) is 0 Å². The molecule has 0 spiro atoms. The summed E-state index contributed by atoms with van der Waals surface area (Å²) in [5, 5.41) is 3.82. The monoisotopic (exact) mass is 240 g/mol. The largest absolute Gasteiger partial charge is 0.308 e. The van der Waals surface area contributed by atoms with Crippen molar-refractivity contribution in [1.82, 2.24) is 10.2 Å². The molecule has 0 aromatic heterocycles. The fourth-order valence-corrected chi connectivity index (χ4v) is 2.96. The Kier molecular flexibility index (Phi) is 5.03. The third-order valence-corrected chi connectivity index (χ3v) is 5.09. The highest BCUT2D eigenvalue weighted by Crippen LogP contribution is 2.31. The Balaban J connectivity index is 2.89. The summed E-state index contributed by atoms with van der Waals surface area (Å²) in [5.41, 5.74) is 0.677. The van der Waals surface area contributed by atoms with E-state index in [0.717, 1.165) is 6.54 Å². The number of nitrogens with one attached hydrogen (secondary N) is 1. The molecule has 1 atom stereocenters. The Bertz CT molecular complexity index is 231. The van der Waals surface area contributed by atoms with E-state index in [0.29, 0.717) is 17.1 Å². The van der Waals surface area contributed by atoms with Gasteiger partial charge < -0.3 is 5.32 Å². The highest BCUT2D eigenvalue weighted by atomic mass is 15.3. The Morgan fingerprint density at radius 1 is 1.18 bits per heavy atom.